The van der Waals surface area contributed by atoms with E-state index in [2.05, 4.69) is 10.1 Å². The quantitative estimate of drug-likeness (QED) is 0.687. The largest absolute Gasteiger partial charge is 0.384 e. The second-order valence-corrected chi connectivity index (χ2v) is 5.20. The number of carbonyl (C=O) groups excluding carboxylic acids is 1. The highest BCUT2D eigenvalue weighted by Crippen LogP contribution is 2.15. The van der Waals surface area contributed by atoms with E-state index in [4.69, 9.17) is 18.7 Å². The van der Waals surface area contributed by atoms with Gasteiger partial charge in [0.1, 0.15) is 13.2 Å². The van der Waals surface area contributed by atoms with Gasteiger partial charge in [-0.2, -0.15) is 4.98 Å². The van der Waals surface area contributed by atoms with Gasteiger partial charge in [-0.1, -0.05) is 5.16 Å². The number of aromatic nitrogens is 2. The molecule has 8 nitrogen and oxygen atoms in total. The number of hydrogen-bond donors (Lipinski definition) is 0. The summed E-state index contributed by atoms with van der Waals surface area (Å²) < 4.78 is 20.7. The standard InChI is InChI=1S/C14H23N3O5/c1-19-7-5-13-15-12(16-22-13)9-21-11-4-3-6-17(8-11)14(18)10-20-2/h11H,3-10H2,1-2H3. The predicted octanol–water partition coefficient (Wildman–Crippen LogP) is 0.413. The molecule has 1 aromatic heterocycles. The maximum atomic E-state index is 11.8. The maximum Gasteiger partial charge on any atom is 0.248 e. The zero-order valence-corrected chi connectivity index (χ0v) is 13.1. The van der Waals surface area contributed by atoms with Gasteiger partial charge in [-0.3, -0.25) is 4.79 Å². The monoisotopic (exact) mass is 313 g/mol. The fourth-order valence-electron chi connectivity index (χ4n) is 2.35. The van der Waals surface area contributed by atoms with Crippen molar-refractivity contribution in [3.63, 3.8) is 0 Å². The molecule has 2 heterocycles. The molecule has 1 aromatic rings. The average molecular weight is 313 g/mol. The molecule has 1 aliphatic rings. The molecule has 1 atom stereocenters. The number of rotatable bonds is 8. The third-order valence-electron chi connectivity index (χ3n) is 3.48. The van der Waals surface area contributed by atoms with Gasteiger partial charge in [0, 0.05) is 27.3 Å². The summed E-state index contributed by atoms with van der Waals surface area (Å²) >= 11 is 0. The smallest absolute Gasteiger partial charge is 0.248 e. The van der Waals surface area contributed by atoms with Gasteiger partial charge >= 0.3 is 0 Å². The third-order valence-corrected chi connectivity index (χ3v) is 3.48. The second-order valence-electron chi connectivity index (χ2n) is 5.20. The number of carbonyl (C=O) groups is 1. The molecule has 22 heavy (non-hydrogen) atoms. The SMILES string of the molecule is COCCc1nc(COC2CCCN(C(=O)COC)C2)no1. The van der Waals surface area contributed by atoms with Crippen LogP contribution in [0.25, 0.3) is 0 Å². The number of piperidine rings is 1. The minimum absolute atomic E-state index is 0.00258. The molecular weight excluding hydrogens is 290 g/mol. The maximum absolute atomic E-state index is 11.8. The molecule has 1 unspecified atom stereocenters. The van der Waals surface area contributed by atoms with Crippen molar-refractivity contribution in [3.05, 3.63) is 11.7 Å². The molecule has 1 amide bonds. The number of nitrogens with zero attached hydrogens (tertiary/aromatic N) is 3. The Kier molecular flexibility index (Phi) is 6.75. The van der Waals surface area contributed by atoms with Crippen molar-refractivity contribution in [2.75, 3.05) is 40.5 Å². The van der Waals surface area contributed by atoms with Gasteiger partial charge in [0.05, 0.1) is 19.1 Å². The van der Waals surface area contributed by atoms with Crippen molar-refractivity contribution in [1.82, 2.24) is 15.0 Å². The molecule has 0 saturated carbocycles. The highest BCUT2D eigenvalue weighted by Gasteiger charge is 2.24. The van der Waals surface area contributed by atoms with Gasteiger partial charge in [0.2, 0.25) is 11.8 Å². The second kappa shape index (κ2) is 8.82. The molecule has 0 aliphatic carbocycles. The molecule has 0 aromatic carbocycles. The van der Waals surface area contributed by atoms with Gasteiger partial charge in [0.25, 0.3) is 0 Å². The van der Waals surface area contributed by atoms with Gasteiger partial charge < -0.3 is 23.6 Å². The number of ether oxygens (including phenoxy) is 3. The van der Waals surface area contributed by atoms with Crippen molar-refractivity contribution < 1.29 is 23.5 Å². The van der Waals surface area contributed by atoms with E-state index in [0.717, 1.165) is 19.4 Å². The topological polar surface area (TPSA) is 86.9 Å². The highest BCUT2D eigenvalue weighted by atomic mass is 16.5. The van der Waals surface area contributed by atoms with Gasteiger partial charge in [-0.05, 0) is 12.8 Å². The molecule has 2 rings (SSSR count). The Morgan fingerprint density at radius 2 is 2.27 bits per heavy atom. The van der Waals surface area contributed by atoms with E-state index in [9.17, 15) is 4.79 Å². The van der Waals surface area contributed by atoms with E-state index in [0.29, 0.717) is 31.3 Å². The first-order chi connectivity index (χ1) is 10.7. The lowest BCUT2D eigenvalue weighted by Crippen LogP contribution is -2.44. The Balaban J connectivity index is 1.76. The van der Waals surface area contributed by atoms with Crippen LogP contribution in [-0.4, -0.2) is 67.6 Å². The van der Waals surface area contributed by atoms with Gasteiger partial charge in [-0.25, -0.2) is 0 Å². The minimum Gasteiger partial charge on any atom is -0.384 e. The third kappa shape index (κ3) is 5.04. The highest BCUT2D eigenvalue weighted by molar-refractivity contribution is 5.77. The van der Waals surface area contributed by atoms with Crippen molar-refractivity contribution in [3.8, 4) is 0 Å². The zero-order valence-electron chi connectivity index (χ0n) is 13.1. The minimum atomic E-state index is -0.00418. The van der Waals surface area contributed by atoms with E-state index >= 15 is 0 Å². The van der Waals surface area contributed by atoms with Gasteiger partial charge in [-0.15, -0.1) is 0 Å². The Bertz CT molecular complexity index is 465. The van der Waals surface area contributed by atoms with Crippen LogP contribution < -0.4 is 0 Å². The molecule has 1 saturated heterocycles. The van der Waals surface area contributed by atoms with E-state index in [-0.39, 0.29) is 25.2 Å². The Morgan fingerprint density at radius 3 is 3.05 bits per heavy atom. The Hall–Kier alpha value is -1.51. The molecule has 1 fully saturated rings. The molecule has 124 valence electrons. The molecule has 0 spiro atoms. The fourth-order valence-corrected chi connectivity index (χ4v) is 2.35. The molecule has 0 bridgehead atoms. The lowest BCUT2D eigenvalue weighted by Gasteiger charge is -2.32. The van der Waals surface area contributed by atoms with Crippen molar-refractivity contribution in [2.24, 2.45) is 0 Å². The normalized spacial score (nSPS) is 18.6. The summed E-state index contributed by atoms with van der Waals surface area (Å²) in [5.74, 6) is 1.06. The van der Waals surface area contributed by atoms with Crippen LogP contribution in [0, 0.1) is 0 Å². The van der Waals surface area contributed by atoms with Crippen molar-refractivity contribution in [1.29, 1.82) is 0 Å². The summed E-state index contributed by atoms with van der Waals surface area (Å²) in [7, 11) is 3.15. The van der Waals surface area contributed by atoms with Crippen molar-refractivity contribution >= 4 is 5.91 Å². The first-order valence-corrected chi connectivity index (χ1v) is 7.41. The van der Waals surface area contributed by atoms with E-state index < -0.39 is 0 Å². The summed E-state index contributed by atoms with van der Waals surface area (Å²) in [6.07, 6.45) is 2.43. The Labute approximate surface area is 129 Å². The first-order valence-electron chi connectivity index (χ1n) is 7.41. The molecule has 0 N–H and O–H groups in total. The van der Waals surface area contributed by atoms with Crippen LogP contribution in [0.2, 0.25) is 0 Å². The zero-order chi connectivity index (χ0) is 15.8. The lowest BCUT2D eigenvalue weighted by molar-refractivity contribution is -0.139. The van der Waals surface area contributed by atoms with Crippen molar-refractivity contribution in [2.45, 2.75) is 32.0 Å². The lowest BCUT2D eigenvalue weighted by atomic mass is 10.1. The summed E-state index contributed by atoms with van der Waals surface area (Å²) in [6, 6.07) is 0. The molecule has 1 aliphatic heterocycles. The summed E-state index contributed by atoms with van der Waals surface area (Å²) in [5, 5.41) is 3.87. The van der Waals surface area contributed by atoms with Gasteiger partial charge in [0.15, 0.2) is 5.82 Å². The number of methoxy groups -OCH3 is 2. The van der Waals surface area contributed by atoms with Crippen LogP contribution in [0.5, 0.6) is 0 Å². The van der Waals surface area contributed by atoms with Crippen LogP contribution in [0.1, 0.15) is 24.6 Å². The van der Waals surface area contributed by atoms with E-state index in [1.807, 2.05) is 0 Å². The Morgan fingerprint density at radius 1 is 1.41 bits per heavy atom. The average Bonchev–Trinajstić information content (AvgIpc) is 2.99. The fraction of sp³-hybridized carbons (Fsp3) is 0.786. The molecular formula is C14H23N3O5. The first kappa shape index (κ1) is 16.9. The van der Waals surface area contributed by atoms with E-state index in [1.165, 1.54) is 7.11 Å². The molecule has 0 radical (unpaired) electrons. The van der Waals surface area contributed by atoms with Crippen LogP contribution in [0.3, 0.4) is 0 Å². The van der Waals surface area contributed by atoms with Crippen LogP contribution in [0.15, 0.2) is 4.52 Å². The number of amides is 1. The van der Waals surface area contributed by atoms with Crippen LogP contribution in [0.4, 0.5) is 0 Å². The van der Waals surface area contributed by atoms with E-state index in [1.54, 1.807) is 12.0 Å². The number of hydrogen-bond acceptors (Lipinski definition) is 7. The number of likely N-dealkylation sites (tertiary alicyclic amines) is 1. The summed E-state index contributed by atoms with van der Waals surface area (Å²) in [6.45, 7) is 2.28. The van der Waals surface area contributed by atoms with Crippen LogP contribution in [-0.2, 0) is 32.0 Å². The summed E-state index contributed by atoms with van der Waals surface area (Å²) in [5.41, 5.74) is 0. The van der Waals surface area contributed by atoms with Crippen LogP contribution >= 0.6 is 0 Å². The molecule has 8 heteroatoms. The summed E-state index contributed by atoms with van der Waals surface area (Å²) in [4.78, 5) is 17.8. The predicted molar refractivity (Wildman–Crippen MR) is 76.1 cm³/mol.